The second-order valence-corrected chi connectivity index (χ2v) is 6.39. The number of amides is 1. The van der Waals surface area contributed by atoms with Gasteiger partial charge in [-0.1, -0.05) is 23.8 Å². The molecule has 0 spiro atoms. The maximum atomic E-state index is 12.7. The third-order valence-corrected chi connectivity index (χ3v) is 5.03. The number of hydrogen-bond acceptors (Lipinski definition) is 3. The van der Waals surface area contributed by atoms with Crippen LogP contribution in [0.25, 0.3) is 16.9 Å². The molecule has 2 aromatic heterocycles. The van der Waals surface area contributed by atoms with Gasteiger partial charge in [-0.05, 0) is 48.6 Å². The summed E-state index contributed by atoms with van der Waals surface area (Å²) in [4.78, 5) is 12.7. The highest BCUT2D eigenvalue weighted by Gasteiger charge is 2.19. The molecule has 1 amide bonds. The second-order valence-electron chi connectivity index (χ2n) is 6.39. The Hall–Kier alpha value is -2.95. The van der Waals surface area contributed by atoms with E-state index in [1.54, 1.807) is 28.4 Å². The van der Waals surface area contributed by atoms with Crippen molar-refractivity contribution < 1.29 is 4.79 Å². The number of aryl methyl sites for hydroxylation is 1. The first-order valence-electron chi connectivity index (χ1n) is 8.23. The molecule has 0 saturated carbocycles. The highest BCUT2D eigenvalue weighted by molar-refractivity contribution is 5.98. The summed E-state index contributed by atoms with van der Waals surface area (Å²) in [6, 6.07) is 9.98. The molecule has 1 aromatic carbocycles. The van der Waals surface area contributed by atoms with Crippen molar-refractivity contribution in [2.45, 2.75) is 25.7 Å². The Kier molecular flexibility index (Phi) is 2.82. The van der Waals surface area contributed by atoms with Crippen LogP contribution in [0.15, 0.2) is 42.9 Å². The fourth-order valence-corrected chi connectivity index (χ4v) is 3.85. The average molecular weight is 316 g/mol. The molecule has 0 atom stereocenters. The summed E-state index contributed by atoms with van der Waals surface area (Å²) >= 11 is 0. The van der Waals surface area contributed by atoms with Gasteiger partial charge in [-0.25, -0.2) is 0 Å². The Bertz CT molecular complexity index is 1110. The molecule has 5 heteroatoms. The third kappa shape index (κ3) is 1.98. The Morgan fingerprint density at radius 1 is 1.12 bits per heavy atom. The summed E-state index contributed by atoms with van der Waals surface area (Å²) in [7, 11) is 0. The van der Waals surface area contributed by atoms with Crippen LogP contribution in [0.5, 0.6) is 0 Å². The molecule has 2 heterocycles. The minimum absolute atomic E-state index is 0.0884. The molecular formula is C19H16N4O. The van der Waals surface area contributed by atoms with Crippen molar-refractivity contribution in [1.82, 2.24) is 19.9 Å². The number of rotatable bonds is 2. The molecule has 118 valence electrons. The summed E-state index contributed by atoms with van der Waals surface area (Å²) in [6.45, 7) is 0. The van der Waals surface area contributed by atoms with E-state index in [2.05, 4.69) is 33.7 Å². The van der Waals surface area contributed by atoms with Crippen LogP contribution in [0.4, 0.5) is 0 Å². The Labute approximate surface area is 138 Å². The lowest BCUT2D eigenvalue weighted by Crippen LogP contribution is -2.38. The number of pyridine rings is 1. The van der Waals surface area contributed by atoms with Gasteiger partial charge in [-0.2, -0.15) is 0 Å². The molecule has 5 nitrogen and oxygen atoms in total. The van der Waals surface area contributed by atoms with Crippen LogP contribution in [-0.2, 0) is 6.42 Å². The topological polar surface area (TPSA) is 59.3 Å². The number of carbonyl (C=O) groups excluding carboxylic acids is 1. The Balaban J connectivity index is 1.57. The average Bonchev–Trinajstić information content (AvgIpc) is 3.24. The normalized spacial score (nSPS) is 15.7. The standard InChI is InChI=1S/C19H16N4O/c24-19(14-8-9-23-11-20-22-17(23)10-14)21-16-7-6-13-5-4-12-2-1-3-15(16)18(12)13/h1-3,8-11H,4-7H2,(H,21,24). The number of nitrogens with zero attached hydrogens (tertiary/aromatic N) is 3. The number of benzene rings is 1. The van der Waals surface area contributed by atoms with Gasteiger partial charge in [-0.15, -0.1) is 10.2 Å². The zero-order chi connectivity index (χ0) is 16.1. The lowest BCUT2D eigenvalue weighted by molar-refractivity contribution is 0.0972. The van der Waals surface area contributed by atoms with Crippen molar-refractivity contribution in [3.8, 4) is 0 Å². The summed E-state index contributed by atoms with van der Waals surface area (Å²) in [5.41, 5.74) is 5.27. The second kappa shape index (κ2) is 5.03. The molecular weight excluding hydrogens is 300 g/mol. The SMILES string of the molecule is O=C(NC1=c2cccc3c2=C(CC1)CC3)c1ccn2cnnc2c1. The van der Waals surface area contributed by atoms with Crippen LogP contribution in [0, 0.1) is 0 Å². The maximum absolute atomic E-state index is 12.7. The highest BCUT2D eigenvalue weighted by Crippen LogP contribution is 2.23. The van der Waals surface area contributed by atoms with Crippen molar-refractivity contribution >= 4 is 22.8 Å². The van der Waals surface area contributed by atoms with Gasteiger partial charge < -0.3 is 5.32 Å². The van der Waals surface area contributed by atoms with Crippen LogP contribution >= 0.6 is 0 Å². The van der Waals surface area contributed by atoms with Crippen LogP contribution in [0.2, 0.25) is 0 Å². The summed E-state index contributed by atoms with van der Waals surface area (Å²) in [5.74, 6) is -0.0884. The molecule has 3 aromatic rings. The van der Waals surface area contributed by atoms with Gasteiger partial charge in [0.05, 0.1) is 0 Å². The van der Waals surface area contributed by atoms with E-state index in [0.717, 1.165) is 31.4 Å². The zero-order valence-electron chi connectivity index (χ0n) is 13.1. The van der Waals surface area contributed by atoms with Crippen molar-refractivity contribution in [2.75, 3.05) is 0 Å². The lowest BCUT2D eigenvalue weighted by Gasteiger charge is -2.15. The molecule has 0 aliphatic heterocycles. The van der Waals surface area contributed by atoms with E-state index < -0.39 is 0 Å². The largest absolute Gasteiger partial charge is 0.325 e. The molecule has 0 fully saturated rings. The number of hydrogen-bond donors (Lipinski definition) is 1. The number of nitrogens with one attached hydrogen (secondary N) is 1. The highest BCUT2D eigenvalue weighted by atomic mass is 16.1. The van der Waals surface area contributed by atoms with Gasteiger partial charge in [0.15, 0.2) is 5.65 Å². The first kappa shape index (κ1) is 13.5. The Morgan fingerprint density at radius 2 is 2.04 bits per heavy atom. The molecule has 2 aliphatic rings. The number of fused-ring (bicyclic) bond motifs is 1. The maximum Gasteiger partial charge on any atom is 0.255 e. The molecule has 5 rings (SSSR count). The van der Waals surface area contributed by atoms with Gasteiger partial charge in [0.25, 0.3) is 5.91 Å². The monoisotopic (exact) mass is 316 g/mol. The fraction of sp³-hybridized carbons (Fsp3) is 0.211. The van der Waals surface area contributed by atoms with E-state index in [0.29, 0.717) is 11.2 Å². The smallest absolute Gasteiger partial charge is 0.255 e. The minimum Gasteiger partial charge on any atom is -0.325 e. The van der Waals surface area contributed by atoms with Crippen molar-refractivity contribution in [1.29, 1.82) is 0 Å². The summed E-state index contributed by atoms with van der Waals surface area (Å²) in [6.07, 6.45) is 7.66. The van der Waals surface area contributed by atoms with Crippen LogP contribution < -0.4 is 15.8 Å². The van der Waals surface area contributed by atoms with E-state index in [1.165, 1.54) is 16.0 Å². The zero-order valence-corrected chi connectivity index (χ0v) is 13.1. The van der Waals surface area contributed by atoms with E-state index in [1.807, 2.05) is 6.20 Å². The Morgan fingerprint density at radius 3 is 3.00 bits per heavy atom. The number of aromatic nitrogens is 3. The first-order chi connectivity index (χ1) is 11.8. The summed E-state index contributed by atoms with van der Waals surface area (Å²) < 4.78 is 1.79. The van der Waals surface area contributed by atoms with Crippen LogP contribution in [-0.4, -0.2) is 20.5 Å². The van der Waals surface area contributed by atoms with E-state index in [-0.39, 0.29) is 5.91 Å². The molecule has 0 saturated heterocycles. The van der Waals surface area contributed by atoms with Gasteiger partial charge >= 0.3 is 0 Å². The van der Waals surface area contributed by atoms with Crippen LogP contribution in [0.1, 0.15) is 35.2 Å². The number of carbonyl (C=O) groups is 1. The molecule has 1 N–H and O–H groups in total. The first-order valence-corrected chi connectivity index (χ1v) is 8.23. The van der Waals surface area contributed by atoms with E-state index in [4.69, 9.17) is 0 Å². The van der Waals surface area contributed by atoms with Crippen molar-refractivity contribution in [3.05, 3.63) is 64.4 Å². The predicted octanol–water partition coefficient (Wildman–Crippen LogP) is 1.16. The van der Waals surface area contributed by atoms with Gasteiger partial charge in [0.2, 0.25) is 0 Å². The van der Waals surface area contributed by atoms with Crippen molar-refractivity contribution in [3.63, 3.8) is 0 Å². The van der Waals surface area contributed by atoms with Gasteiger partial charge in [-0.3, -0.25) is 9.20 Å². The lowest BCUT2D eigenvalue weighted by atomic mass is 9.98. The van der Waals surface area contributed by atoms with E-state index in [9.17, 15) is 4.79 Å². The minimum atomic E-state index is -0.0884. The molecule has 0 radical (unpaired) electrons. The van der Waals surface area contributed by atoms with Crippen molar-refractivity contribution in [2.24, 2.45) is 0 Å². The van der Waals surface area contributed by atoms with Gasteiger partial charge in [0.1, 0.15) is 6.33 Å². The molecule has 2 aliphatic carbocycles. The summed E-state index contributed by atoms with van der Waals surface area (Å²) in [5, 5.41) is 13.6. The van der Waals surface area contributed by atoms with E-state index >= 15 is 0 Å². The molecule has 24 heavy (non-hydrogen) atoms. The third-order valence-electron chi connectivity index (χ3n) is 5.03. The van der Waals surface area contributed by atoms with Gasteiger partial charge in [0, 0.05) is 22.7 Å². The molecule has 0 unspecified atom stereocenters. The quantitative estimate of drug-likeness (QED) is 0.772. The molecule has 0 bridgehead atoms. The fourth-order valence-electron chi connectivity index (χ4n) is 3.85. The predicted molar refractivity (Wildman–Crippen MR) is 90.5 cm³/mol. The van der Waals surface area contributed by atoms with Crippen LogP contribution in [0.3, 0.4) is 0 Å².